The summed E-state index contributed by atoms with van der Waals surface area (Å²) in [5.41, 5.74) is -0.719. The van der Waals surface area contributed by atoms with Crippen LogP contribution in [0.4, 0.5) is 18.9 Å². The van der Waals surface area contributed by atoms with Crippen LogP contribution in [-0.2, 0) is 6.18 Å². The van der Waals surface area contributed by atoms with Crippen molar-refractivity contribution >= 4 is 23.2 Å². The number of amides is 1. The third kappa shape index (κ3) is 4.03. The van der Waals surface area contributed by atoms with E-state index in [1.54, 1.807) is 0 Å². The average Bonchev–Trinajstić information content (AvgIpc) is 3.15. The third-order valence-electron chi connectivity index (χ3n) is 3.64. The Hall–Kier alpha value is -3.07. The molecule has 0 unspecified atom stereocenters. The molecule has 0 spiro atoms. The van der Waals surface area contributed by atoms with Crippen molar-refractivity contribution in [1.82, 2.24) is 14.8 Å². The van der Waals surface area contributed by atoms with Crippen molar-refractivity contribution in [3.63, 3.8) is 0 Å². The first-order valence-corrected chi connectivity index (χ1v) is 7.88. The van der Waals surface area contributed by atoms with Gasteiger partial charge < -0.3 is 10.1 Å². The molecule has 10 heteroatoms. The minimum Gasteiger partial charge on any atom is -0.496 e. The fourth-order valence-electron chi connectivity index (χ4n) is 2.39. The minimum atomic E-state index is -4.58. The smallest absolute Gasteiger partial charge is 0.416 e. The van der Waals surface area contributed by atoms with Gasteiger partial charge in [-0.25, -0.2) is 9.67 Å². The molecule has 0 atom stereocenters. The lowest BCUT2D eigenvalue weighted by Gasteiger charge is -2.15. The van der Waals surface area contributed by atoms with Crippen LogP contribution in [0.2, 0.25) is 5.02 Å². The number of carbonyl (C=O) groups is 1. The van der Waals surface area contributed by atoms with Gasteiger partial charge in [-0.05, 0) is 36.4 Å². The summed E-state index contributed by atoms with van der Waals surface area (Å²) in [5.74, 6) is -0.457. The Balaban J connectivity index is 2.04. The van der Waals surface area contributed by atoms with E-state index < -0.39 is 17.6 Å². The fourth-order valence-corrected chi connectivity index (χ4v) is 2.56. The predicted octanol–water partition coefficient (Wildman–Crippen LogP) is 4.20. The van der Waals surface area contributed by atoms with Gasteiger partial charge in [0.25, 0.3) is 5.91 Å². The molecule has 0 aliphatic heterocycles. The van der Waals surface area contributed by atoms with E-state index in [9.17, 15) is 18.0 Å². The Morgan fingerprint density at radius 1 is 1.22 bits per heavy atom. The Morgan fingerprint density at radius 3 is 2.63 bits per heavy atom. The number of alkyl halides is 3. The first-order chi connectivity index (χ1) is 12.8. The molecule has 1 aromatic heterocycles. The number of anilines is 1. The zero-order valence-electron chi connectivity index (χ0n) is 13.8. The second kappa shape index (κ2) is 7.28. The normalized spacial score (nSPS) is 11.3. The van der Waals surface area contributed by atoms with Crippen molar-refractivity contribution in [3.8, 4) is 11.4 Å². The number of aromatic nitrogens is 3. The van der Waals surface area contributed by atoms with Crippen LogP contribution in [-0.4, -0.2) is 27.8 Å². The van der Waals surface area contributed by atoms with Gasteiger partial charge in [-0.3, -0.25) is 4.79 Å². The number of benzene rings is 2. The monoisotopic (exact) mass is 396 g/mol. The van der Waals surface area contributed by atoms with Gasteiger partial charge >= 0.3 is 6.18 Å². The lowest BCUT2D eigenvalue weighted by atomic mass is 10.1. The van der Waals surface area contributed by atoms with Gasteiger partial charge in [-0.2, -0.15) is 18.3 Å². The van der Waals surface area contributed by atoms with Crippen molar-refractivity contribution in [1.29, 1.82) is 0 Å². The summed E-state index contributed by atoms with van der Waals surface area (Å²) in [6.45, 7) is 0. The van der Waals surface area contributed by atoms with E-state index in [2.05, 4.69) is 15.4 Å². The van der Waals surface area contributed by atoms with Crippen LogP contribution >= 0.6 is 11.6 Å². The molecular formula is C17H12ClF3N4O2. The fraction of sp³-hybridized carbons (Fsp3) is 0.118. The molecule has 140 valence electrons. The maximum Gasteiger partial charge on any atom is 0.416 e. The van der Waals surface area contributed by atoms with Gasteiger partial charge in [-0.1, -0.05) is 11.6 Å². The zero-order valence-corrected chi connectivity index (χ0v) is 14.5. The van der Waals surface area contributed by atoms with Crippen LogP contribution in [0.3, 0.4) is 0 Å². The van der Waals surface area contributed by atoms with Crippen LogP contribution in [0, 0.1) is 0 Å². The van der Waals surface area contributed by atoms with Gasteiger partial charge in [0.05, 0.1) is 29.6 Å². The van der Waals surface area contributed by atoms with Crippen LogP contribution in [0.5, 0.6) is 5.75 Å². The van der Waals surface area contributed by atoms with E-state index in [1.165, 1.54) is 48.7 Å². The van der Waals surface area contributed by atoms with Gasteiger partial charge in [0, 0.05) is 5.02 Å². The van der Waals surface area contributed by atoms with E-state index in [4.69, 9.17) is 16.3 Å². The summed E-state index contributed by atoms with van der Waals surface area (Å²) in [4.78, 5) is 16.4. The average molecular weight is 397 g/mol. The van der Waals surface area contributed by atoms with Crippen molar-refractivity contribution < 1.29 is 22.7 Å². The number of hydrogen-bond acceptors (Lipinski definition) is 4. The maximum atomic E-state index is 13.1. The van der Waals surface area contributed by atoms with Gasteiger partial charge in [0.2, 0.25) is 0 Å². The van der Waals surface area contributed by atoms with E-state index >= 15 is 0 Å². The zero-order chi connectivity index (χ0) is 19.6. The first-order valence-electron chi connectivity index (χ1n) is 7.50. The Bertz CT molecular complexity index is 975. The molecule has 1 heterocycles. The number of ether oxygens (including phenoxy) is 1. The highest BCUT2D eigenvalue weighted by atomic mass is 35.5. The standard InChI is InChI=1S/C17H12ClF3N4O2/c1-27-15-5-3-11(18)7-12(15)16(26)24-13-6-10(17(19,20)21)2-4-14(13)25-9-22-8-23-25/h2-9H,1H3,(H,24,26). The quantitative estimate of drug-likeness (QED) is 0.717. The van der Waals surface area contributed by atoms with Gasteiger partial charge in [0.1, 0.15) is 18.4 Å². The lowest BCUT2D eigenvalue weighted by molar-refractivity contribution is -0.137. The molecule has 0 bridgehead atoms. The number of carbonyl (C=O) groups excluding carboxylic acids is 1. The summed E-state index contributed by atoms with van der Waals surface area (Å²) in [5, 5.41) is 6.64. The lowest BCUT2D eigenvalue weighted by Crippen LogP contribution is -2.16. The topological polar surface area (TPSA) is 69.0 Å². The number of halogens is 4. The van der Waals surface area contributed by atoms with E-state index in [0.29, 0.717) is 0 Å². The van der Waals surface area contributed by atoms with Crippen molar-refractivity contribution in [3.05, 3.63) is 65.2 Å². The molecule has 3 rings (SSSR count). The summed E-state index contributed by atoms with van der Waals surface area (Å²) in [7, 11) is 1.37. The molecule has 0 saturated carbocycles. The molecule has 2 aromatic carbocycles. The summed E-state index contributed by atoms with van der Waals surface area (Å²) in [6.07, 6.45) is -2.05. The highest BCUT2D eigenvalue weighted by Gasteiger charge is 2.31. The van der Waals surface area contributed by atoms with Gasteiger partial charge in [0.15, 0.2) is 0 Å². The van der Waals surface area contributed by atoms with Crippen LogP contribution in [0.15, 0.2) is 49.1 Å². The SMILES string of the molecule is COc1ccc(Cl)cc1C(=O)Nc1cc(C(F)(F)F)ccc1-n1cncn1. The maximum absolute atomic E-state index is 13.1. The van der Waals surface area contributed by atoms with Gasteiger partial charge in [-0.15, -0.1) is 0 Å². The highest BCUT2D eigenvalue weighted by Crippen LogP contribution is 2.34. The summed E-state index contributed by atoms with van der Waals surface area (Å²) >= 11 is 5.91. The number of rotatable bonds is 4. The number of nitrogens with one attached hydrogen (secondary N) is 1. The second-order valence-electron chi connectivity index (χ2n) is 5.37. The minimum absolute atomic E-state index is 0.0759. The van der Waals surface area contributed by atoms with Crippen molar-refractivity contribution in [2.24, 2.45) is 0 Å². The summed E-state index contributed by atoms with van der Waals surface area (Å²) in [6, 6.07) is 7.30. The number of methoxy groups -OCH3 is 1. The molecular weight excluding hydrogens is 385 g/mol. The molecule has 6 nitrogen and oxygen atoms in total. The number of nitrogens with zero attached hydrogens (tertiary/aromatic N) is 3. The Labute approximate surface area is 156 Å². The van der Waals surface area contributed by atoms with E-state index in [-0.39, 0.29) is 27.7 Å². The summed E-state index contributed by atoms with van der Waals surface area (Å²) < 4.78 is 45.6. The van der Waals surface area contributed by atoms with E-state index in [1.807, 2.05) is 0 Å². The first kappa shape index (κ1) is 18.7. The molecule has 0 aliphatic rings. The Morgan fingerprint density at radius 2 is 2.00 bits per heavy atom. The molecule has 3 aromatic rings. The van der Waals surface area contributed by atoms with E-state index in [0.717, 1.165) is 12.1 Å². The molecule has 0 fully saturated rings. The highest BCUT2D eigenvalue weighted by molar-refractivity contribution is 6.31. The molecule has 1 amide bonds. The molecule has 0 saturated heterocycles. The van der Waals surface area contributed by atoms with Crippen LogP contribution in [0.25, 0.3) is 5.69 Å². The predicted molar refractivity (Wildman–Crippen MR) is 92.3 cm³/mol. The molecule has 0 radical (unpaired) electrons. The third-order valence-corrected chi connectivity index (χ3v) is 3.88. The second-order valence-corrected chi connectivity index (χ2v) is 5.80. The van der Waals surface area contributed by atoms with Crippen LogP contribution < -0.4 is 10.1 Å². The number of hydrogen-bond donors (Lipinski definition) is 1. The largest absolute Gasteiger partial charge is 0.496 e. The molecule has 27 heavy (non-hydrogen) atoms. The van der Waals surface area contributed by atoms with Crippen molar-refractivity contribution in [2.45, 2.75) is 6.18 Å². The molecule has 0 aliphatic carbocycles. The molecule has 1 N–H and O–H groups in total. The van der Waals surface area contributed by atoms with Crippen LogP contribution in [0.1, 0.15) is 15.9 Å². The Kier molecular flexibility index (Phi) is 5.04. The van der Waals surface area contributed by atoms with Crippen molar-refractivity contribution in [2.75, 3.05) is 12.4 Å².